The van der Waals surface area contributed by atoms with Crippen molar-refractivity contribution in [2.75, 3.05) is 20.2 Å². The van der Waals surface area contributed by atoms with Gasteiger partial charge in [0.15, 0.2) is 5.96 Å². The number of ether oxygens (including phenoxy) is 1. The predicted octanol–water partition coefficient (Wildman–Crippen LogP) is 5.89. The smallest absolute Gasteiger partial charge is 0.409 e. The van der Waals surface area contributed by atoms with Crippen LogP contribution in [-0.2, 0) is 4.74 Å². The lowest BCUT2D eigenvalue weighted by Crippen LogP contribution is -2.47. The highest BCUT2D eigenvalue weighted by molar-refractivity contribution is 6.32. The van der Waals surface area contributed by atoms with Crippen molar-refractivity contribution < 1.29 is 14.3 Å². The maximum Gasteiger partial charge on any atom is 0.409 e. The normalized spacial score (nSPS) is 15.7. The van der Waals surface area contributed by atoms with Crippen molar-refractivity contribution in [3.05, 3.63) is 83.7 Å². The van der Waals surface area contributed by atoms with Gasteiger partial charge in [-0.25, -0.2) is 14.5 Å². The van der Waals surface area contributed by atoms with Crippen molar-refractivity contribution >= 4 is 29.6 Å². The molecule has 2 aliphatic carbocycles. The number of hydrogen-bond donors (Lipinski definition) is 1. The third kappa shape index (κ3) is 7.65. The monoisotopic (exact) mass is 657 g/mol. The van der Waals surface area contributed by atoms with E-state index >= 15 is 0 Å². The molecule has 2 N–H and O–H groups in total. The molecule has 0 saturated heterocycles. The summed E-state index contributed by atoms with van der Waals surface area (Å²) in [5.74, 6) is -0.386. The summed E-state index contributed by atoms with van der Waals surface area (Å²) in [6, 6.07) is 12.4. The van der Waals surface area contributed by atoms with E-state index in [0.29, 0.717) is 34.4 Å². The van der Waals surface area contributed by atoms with Crippen LogP contribution in [0.4, 0.5) is 4.79 Å². The Morgan fingerprint density at radius 1 is 1.09 bits per heavy atom. The fourth-order valence-electron chi connectivity index (χ4n) is 5.20. The van der Waals surface area contributed by atoms with Gasteiger partial charge in [0.1, 0.15) is 19.3 Å². The molecule has 2 fully saturated rings. The zero-order valence-electron chi connectivity index (χ0n) is 27.1. The molecular formula is C34H40ClN9O3. The number of hydrogen-bond acceptors (Lipinski definition) is 7. The van der Waals surface area contributed by atoms with E-state index in [-0.39, 0.29) is 24.0 Å². The van der Waals surface area contributed by atoms with Crippen molar-refractivity contribution in [3.8, 4) is 16.8 Å². The molecule has 12 nitrogen and oxygen atoms in total. The number of nitrogens with zero attached hydrogens (tertiary/aromatic N) is 8. The van der Waals surface area contributed by atoms with Crippen molar-refractivity contribution in [2.24, 2.45) is 16.1 Å². The van der Waals surface area contributed by atoms with Crippen LogP contribution < -0.4 is 5.73 Å². The molecule has 0 bridgehead atoms. The number of aromatic nitrogens is 5. The van der Waals surface area contributed by atoms with Crippen LogP contribution in [0.25, 0.3) is 16.8 Å². The van der Waals surface area contributed by atoms with Crippen molar-refractivity contribution in [2.45, 2.75) is 64.6 Å². The van der Waals surface area contributed by atoms with Crippen LogP contribution in [0.5, 0.6) is 0 Å². The van der Waals surface area contributed by atoms with Gasteiger partial charge in [-0.05, 0) is 66.5 Å². The van der Waals surface area contributed by atoms with Crippen LogP contribution in [0.2, 0.25) is 5.02 Å². The van der Waals surface area contributed by atoms with E-state index in [1.54, 1.807) is 42.3 Å². The molecule has 47 heavy (non-hydrogen) atoms. The molecule has 2 aliphatic rings. The lowest BCUT2D eigenvalue weighted by molar-refractivity contribution is 0.0638. The average molecular weight is 658 g/mol. The van der Waals surface area contributed by atoms with E-state index in [2.05, 4.69) is 20.2 Å². The highest BCUT2D eigenvalue weighted by Crippen LogP contribution is 2.35. The Morgan fingerprint density at radius 3 is 2.47 bits per heavy atom. The Balaban J connectivity index is 1.37. The number of aliphatic imine (C=N–C) groups is 1. The number of benzene rings is 2. The summed E-state index contributed by atoms with van der Waals surface area (Å²) in [4.78, 5) is 39.3. The first-order valence-corrected chi connectivity index (χ1v) is 16.2. The zero-order valence-corrected chi connectivity index (χ0v) is 27.8. The molecule has 2 aromatic heterocycles. The molecule has 0 aliphatic heterocycles. The first-order chi connectivity index (χ1) is 22.5. The minimum atomic E-state index is -0.848. The van der Waals surface area contributed by atoms with Gasteiger partial charge in [0.2, 0.25) is 0 Å². The summed E-state index contributed by atoms with van der Waals surface area (Å²) in [5.41, 5.74) is 9.97. The number of rotatable bonds is 10. The summed E-state index contributed by atoms with van der Waals surface area (Å²) in [6.07, 6.45) is 10.5. The summed E-state index contributed by atoms with van der Waals surface area (Å²) < 4.78 is 9.38. The van der Waals surface area contributed by atoms with Crippen molar-refractivity contribution in [1.29, 1.82) is 0 Å². The highest BCUT2D eigenvalue weighted by atomic mass is 35.5. The Morgan fingerprint density at radius 2 is 1.83 bits per heavy atom. The molecule has 2 aromatic carbocycles. The van der Waals surface area contributed by atoms with Crippen LogP contribution in [0, 0.1) is 5.41 Å². The van der Waals surface area contributed by atoms with E-state index in [1.165, 1.54) is 22.2 Å². The Kier molecular flexibility index (Phi) is 9.05. The van der Waals surface area contributed by atoms with E-state index < -0.39 is 18.0 Å². The van der Waals surface area contributed by atoms with Crippen LogP contribution >= 0.6 is 11.6 Å². The van der Waals surface area contributed by atoms with Crippen LogP contribution in [0.15, 0.2) is 72.5 Å². The summed E-state index contributed by atoms with van der Waals surface area (Å²) >= 11 is 6.58. The molecule has 2 saturated carbocycles. The molecule has 6 rings (SSSR count). The third-order valence-electron chi connectivity index (χ3n) is 8.25. The molecular weight excluding hydrogens is 618 g/mol. The average Bonchev–Trinajstić information content (AvgIpc) is 3.98. The molecule has 4 aromatic rings. The van der Waals surface area contributed by atoms with E-state index in [0.717, 1.165) is 36.8 Å². The van der Waals surface area contributed by atoms with Gasteiger partial charge in [0.05, 0.1) is 29.0 Å². The first-order valence-electron chi connectivity index (χ1n) is 15.8. The molecule has 0 radical (unpaired) electrons. The van der Waals surface area contributed by atoms with Gasteiger partial charge < -0.3 is 15.4 Å². The number of amides is 2. The van der Waals surface area contributed by atoms with Crippen molar-refractivity contribution in [3.63, 3.8) is 0 Å². The predicted molar refractivity (Wildman–Crippen MR) is 179 cm³/mol. The molecule has 1 atom stereocenters. The zero-order chi connectivity index (χ0) is 33.3. The minimum Gasteiger partial charge on any atom is -0.447 e. The Bertz CT molecular complexity index is 1750. The lowest BCUT2D eigenvalue weighted by Gasteiger charge is -2.32. The van der Waals surface area contributed by atoms with E-state index in [9.17, 15) is 9.59 Å². The second-order valence-corrected chi connectivity index (χ2v) is 13.8. The fraction of sp³-hybridized carbons (Fsp3) is 0.412. The van der Waals surface area contributed by atoms with Crippen LogP contribution in [0.3, 0.4) is 0 Å². The second-order valence-electron chi connectivity index (χ2n) is 13.4. The number of guanidine groups is 1. The van der Waals surface area contributed by atoms with Crippen LogP contribution in [0.1, 0.15) is 74.5 Å². The summed E-state index contributed by atoms with van der Waals surface area (Å²) in [7, 11) is 1.72. The molecule has 0 unspecified atom stereocenters. The number of carbonyl (C=O) groups excluding carboxylic acids is 2. The fourth-order valence-corrected chi connectivity index (χ4v) is 5.40. The maximum absolute atomic E-state index is 14.5. The molecule has 246 valence electrons. The van der Waals surface area contributed by atoms with Gasteiger partial charge in [0.25, 0.3) is 5.91 Å². The second kappa shape index (κ2) is 13.2. The van der Waals surface area contributed by atoms with E-state index in [1.807, 2.05) is 50.0 Å². The van der Waals surface area contributed by atoms with Gasteiger partial charge in [-0.2, -0.15) is 10.2 Å². The van der Waals surface area contributed by atoms with Crippen molar-refractivity contribution in [1.82, 2.24) is 34.3 Å². The lowest BCUT2D eigenvalue weighted by atomic mass is 9.97. The van der Waals surface area contributed by atoms with Gasteiger partial charge in [-0.3, -0.25) is 19.4 Å². The highest BCUT2D eigenvalue weighted by Gasteiger charge is 2.34. The molecule has 2 heterocycles. The van der Waals surface area contributed by atoms with Crippen LogP contribution in [-0.4, -0.2) is 78.5 Å². The van der Waals surface area contributed by atoms with Gasteiger partial charge >= 0.3 is 6.09 Å². The quantitative estimate of drug-likeness (QED) is 0.166. The molecule has 13 heteroatoms. The molecule has 2 amide bonds. The Labute approximate surface area is 279 Å². The van der Waals surface area contributed by atoms with Gasteiger partial charge in [-0.15, -0.1) is 0 Å². The standard InChI is InChI=1S/C34H40ClN9O3/c1-34(2,3)19-38-32(36)44(31(45)23-7-5-22(6-8-23)25-16-39-42(17-25)27-12-13-27)30(18-47-33(46)41(4)26-10-11-26)24-9-14-28(35)29(15-24)43-21-37-20-40-43/h5-9,14-17,20-21,26-27,30H,10-13,18-19H2,1-4H3,(H2,36,38)/t30-/m1/s1. The third-order valence-corrected chi connectivity index (χ3v) is 8.57. The number of nitrogens with two attached hydrogens (primary N) is 1. The maximum atomic E-state index is 14.5. The van der Waals surface area contributed by atoms with E-state index in [4.69, 9.17) is 22.1 Å². The first kappa shape index (κ1) is 32.2. The number of halogens is 1. The number of carbonyl (C=O) groups is 2. The molecule has 0 spiro atoms. The Hall–Kier alpha value is -4.71. The summed E-state index contributed by atoms with van der Waals surface area (Å²) in [5, 5.41) is 9.16. The largest absolute Gasteiger partial charge is 0.447 e. The van der Waals surface area contributed by atoms with Gasteiger partial charge in [0, 0.05) is 37.0 Å². The topological polar surface area (TPSA) is 137 Å². The minimum absolute atomic E-state index is 0.00793. The SMILES string of the molecule is CN(C(=O)OC[C@H](c1ccc(Cl)c(-n2cncn2)c1)N(C(=O)c1ccc(-c2cnn(C3CC3)c2)cc1)C(N)=NCC(C)(C)C)C1CC1. The summed E-state index contributed by atoms with van der Waals surface area (Å²) in [6.45, 7) is 6.31. The van der Waals surface area contributed by atoms with Gasteiger partial charge in [-0.1, -0.05) is 50.6 Å².